The second-order valence-electron chi connectivity index (χ2n) is 4.69. The first-order chi connectivity index (χ1) is 9.00. The number of aromatic nitrogens is 1. The molecule has 0 aromatic carbocycles. The van der Waals surface area contributed by atoms with Gasteiger partial charge in [0.05, 0.1) is 0 Å². The van der Waals surface area contributed by atoms with Crippen LogP contribution in [0.2, 0.25) is 0 Å². The highest BCUT2D eigenvalue weighted by atomic mass is 16.4. The Hall–Kier alpha value is -1.82. The minimum absolute atomic E-state index is 0.0440. The van der Waals surface area contributed by atoms with Gasteiger partial charge in [0.25, 0.3) is 0 Å². The fraction of sp³-hybridized carbons (Fsp3) is 0.538. The number of hydrogen-bond acceptors (Lipinski definition) is 3. The topological polar surface area (TPSA) is 74.6 Å². The zero-order valence-electron chi connectivity index (χ0n) is 11.4. The molecule has 0 radical (unpaired) electrons. The Morgan fingerprint density at radius 1 is 1.37 bits per heavy atom. The summed E-state index contributed by atoms with van der Waals surface area (Å²) in [4.78, 5) is 24.6. The molecule has 2 N–H and O–H groups in total. The molecule has 6 heteroatoms. The number of carboxylic acids is 1. The van der Waals surface area contributed by atoms with E-state index in [1.807, 2.05) is 14.1 Å². The molecule has 0 fully saturated rings. The Morgan fingerprint density at radius 2 is 2.11 bits per heavy atom. The van der Waals surface area contributed by atoms with Crippen molar-refractivity contribution in [2.24, 2.45) is 0 Å². The normalized spacial score (nSPS) is 10.7. The molecule has 0 spiro atoms. The van der Waals surface area contributed by atoms with E-state index in [1.165, 1.54) is 10.6 Å². The number of unbranched alkanes of at least 4 members (excludes halogenated alkanes) is 1. The van der Waals surface area contributed by atoms with E-state index in [0.717, 1.165) is 19.4 Å². The van der Waals surface area contributed by atoms with Crippen molar-refractivity contribution in [3.63, 3.8) is 0 Å². The highest BCUT2D eigenvalue weighted by Crippen LogP contribution is 2.01. The number of nitrogens with one attached hydrogen (secondary N) is 1. The number of carbonyl (C=O) groups excluding carboxylic acids is 1. The van der Waals surface area contributed by atoms with Gasteiger partial charge in [0.15, 0.2) is 0 Å². The summed E-state index contributed by atoms with van der Waals surface area (Å²) in [7, 11) is 4.02. The van der Waals surface area contributed by atoms with Crippen molar-refractivity contribution in [2.45, 2.75) is 19.4 Å². The van der Waals surface area contributed by atoms with E-state index < -0.39 is 5.97 Å². The predicted octanol–water partition coefficient (Wildman–Crippen LogP) is 0.644. The first kappa shape index (κ1) is 15.2. The van der Waals surface area contributed by atoms with E-state index in [9.17, 15) is 9.59 Å². The third-order valence-electron chi connectivity index (χ3n) is 2.72. The zero-order valence-corrected chi connectivity index (χ0v) is 11.4. The summed E-state index contributed by atoms with van der Waals surface area (Å²) >= 11 is 0. The number of carbonyl (C=O) groups is 2. The quantitative estimate of drug-likeness (QED) is 0.678. The van der Waals surface area contributed by atoms with Gasteiger partial charge < -0.3 is 19.9 Å². The van der Waals surface area contributed by atoms with Crippen LogP contribution in [0.4, 0.5) is 0 Å². The minimum Gasteiger partial charge on any atom is -0.477 e. The lowest BCUT2D eigenvalue weighted by Crippen LogP contribution is -2.29. The molecule has 0 aliphatic heterocycles. The van der Waals surface area contributed by atoms with Gasteiger partial charge in [0.2, 0.25) is 5.91 Å². The van der Waals surface area contributed by atoms with Gasteiger partial charge in [0, 0.05) is 12.7 Å². The van der Waals surface area contributed by atoms with Crippen molar-refractivity contribution in [1.82, 2.24) is 14.8 Å². The molecular weight excluding hydrogens is 246 g/mol. The Balaban J connectivity index is 2.27. The molecule has 0 bridgehead atoms. The zero-order chi connectivity index (χ0) is 14.3. The van der Waals surface area contributed by atoms with Gasteiger partial charge in [0.1, 0.15) is 12.2 Å². The molecule has 1 rings (SSSR count). The van der Waals surface area contributed by atoms with Crippen molar-refractivity contribution < 1.29 is 14.7 Å². The number of amides is 1. The van der Waals surface area contributed by atoms with Crippen molar-refractivity contribution in [3.05, 3.63) is 24.0 Å². The van der Waals surface area contributed by atoms with Gasteiger partial charge in [-0.15, -0.1) is 0 Å². The van der Waals surface area contributed by atoms with Crippen LogP contribution in [0.1, 0.15) is 23.3 Å². The van der Waals surface area contributed by atoms with E-state index in [0.29, 0.717) is 6.54 Å². The average molecular weight is 267 g/mol. The number of hydrogen-bond donors (Lipinski definition) is 2. The van der Waals surface area contributed by atoms with E-state index in [4.69, 9.17) is 5.11 Å². The van der Waals surface area contributed by atoms with E-state index in [-0.39, 0.29) is 18.1 Å². The molecule has 0 saturated carbocycles. The largest absolute Gasteiger partial charge is 0.477 e. The summed E-state index contributed by atoms with van der Waals surface area (Å²) in [5.41, 5.74) is 0.128. The van der Waals surface area contributed by atoms with Crippen LogP contribution in [-0.4, -0.2) is 53.6 Å². The third-order valence-corrected chi connectivity index (χ3v) is 2.72. The standard InChI is InChI=1S/C13H21N3O3/c1-15(2)8-4-3-7-14-12(17)10-16-9-5-6-11(16)13(18)19/h5-6,9H,3-4,7-8,10H2,1-2H3,(H,14,17)(H,18,19). The molecule has 1 aromatic heterocycles. The molecule has 0 aliphatic carbocycles. The average Bonchev–Trinajstić information content (AvgIpc) is 2.76. The van der Waals surface area contributed by atoms with E-state index in [2.05, 4.69) is 10.2 Å². The SMILES string of the molecule is CN(C)CCCCNC(=O)Cn1cccc1C(=O)O. The number of nitrogens with zero attached hydrogens (tertiary/aromatic N) is 2. The maximum absolute atomic E-state index is 11.6. The number of rotatable bonds is 8. The molecule has 1 amide bonds. The lowest BCUT2D eigenvalue weighted by atomic mass is 10.3. The second kappa shape index (κ2) is 7.58. The highest BCUT2D eigenvalue weighted by molar-refractivity contribution is 5.86. The summed E-state index contributed by atoms with van der Waals surface area (Å²) in [6.07, 6.45) is 3.54. The molecule has 19 heavy (non-hydrogen) atoms. The lowest BCUT2D eigenvalue weighted by Gasteiger charge is -2.10. The van der Waals surface area contributed by atoms with Crippen LogP contribution >= 0.6 is 0 Å². The highest BCUT2D eigenvalue weighted by Gasteiger charge is 2.10. The first-order valence-corrected chi connectivity index (χ1v) is 6.30. The summed E-state index contributed by atoms with van der Waals surface area (Å²) in [5.74, 6) is -1.19. The van der Waals surface area contributed by atoms with Crippen molar-refractivity contribution in [1.29, 1.82) is 0 Å². The minimum atomic E-state index is -1.02. The van der Waals surface area contributed by atoms with Crippen LogP contribution in [0.5, 0.6) is 0 Å². The Bertz CT molecular complexity index is 427. The molecule has 0 aliphatic rings. The maximum Gasteiger partial charge on any atom is 0.352 e. The fourth-order valence-electron chi connectivity index (χ4n) is 1.74. The number of carboxylic acid groups (broad SMARTS) is 1. The molecule has 1 aromatic rings. The predicted molar refractivity (Wildman–Crippen MR) is 72.2 cm³/mol. The molecule has 0 unspecified atom stereocenters. The molecule has 6 nitrogen and oxygen atoms in total. The van der Waals surface area contributed by atoms with Crippen LogP contribution in [0, 0.1) is 0 Å². The van der Waals surface area contributed by atoms with Gasteiger partial charge in [-0.25, -0.2) is 4.79 Å². The van der Waals surface area contributed by atoms with Gasteiger partial charge in [-0.3, -0.25) is 4.79 Å². The van der Waals surface area contributed by atoms with Crippen molar-refractivity contribution in [3.8, 4) is 0 Å². The molecule has 1 heterocycles. The Kier molecular flexibility index (Phi) is 6.08. The third kappa shape index (κ3) is 5.56. The summed E-state index contributed by atoms with van der Waals surface area (Å²) < 4.78 is 1.43. The van der Waals surface area contributed by atoms with Crippen LogP contribution in [0.15, 0.2) is 18.3 Å². The smallest absolute Gasteiger partial charge is 0.352 e. The summed E-state index contributed by atoms with van der Waals surface area (Å²) in [5, 5.41) is 11.7. The van der Waals surface area contributed by atoms with Gasteiger partial charge in [-0.05, 0) is 45.6 Å². The van der Waals surface area contributed by atoms with Crippen LogP contribution in [0.25, 0.3) is 0 Å². The van der Waals surface area contributed by atoms with E-state index in [1.54, 1.807) is 12.3 Å². The fourth-order valence-corrected chi connectivity index (χ4v) is 1.74. The number of aromatic carboxylic acids is 1. The molecular formula is C13H21N3O3. The van der Waals surface area contributed by atoms with Gasteiger partial charge in [-0.2, -0.15) is 0 Å². The van der Waals surface area contributed by atoms with Gasteiger partial charge in [-0.1, -0.05) is 0 Å². The maximum atomic E-state index is 11.6. The van der Waals surface area contributed by atoms with Crippen molar-refractivity contribution in [2.75, 3.05) is 27.2 Å². The summed E-state index contributed by atoms with van der Waals surface area (Å²) in [6.45, 7) is 1.66. The monoisotopic (exact) mass is 267 g/mol. The van der Waals surface area contributed by atoms with Crippen molar-refractivity contribution >= 4 is 11.9 Å². The van der Waals surface area contributed by atoms with Gasteiger partial charge >= 0.3 is 5.97 Å². The summed E-state index contributed by atoms with van der Waals surface area (Å²) in [6, 6.07) is 3.10. The first-order valence-electron chi connectivity index (χ1n) is 6.30. The van der Waals surface area contributed by atoms with Crippen LogP contribution < -0.4 is 5.32 Å². The van der Waals surface area contributed by atoms with E-state index >= 15 is 0 Å². The molecule has 0 atom stereocenters. The van der Waals surface area contributed by atoms with Crippen LogP contribution in [-0.2, 0) is 11.3 Å². The molecule has 0 saturated heterocycles. The Labute approximate surface area is 113 Å². The second-order valence-corrected chi connectivity index (χ2v) is 4.69. The van der Waals surface area contributed by atoms with Crippen LogP contribution in [0.3, 0.4) is 0 Å². The lowest BCUT2D eigenvalue weighted by molar-refractivity contribution is -0.121. The Morgan fingerprint density at radius 3 is 2.74 bits per heavy atom. The molecule has 106 valence electrons.